The minimum absolute atomic E-state index is 0. The first kappa shape index (κ1) is 37.3. The third kappa shape index (κ3) is 6.64. The molecule has 230 valence electrons. The van der Waals surface area contributed by atoms with Gasteiger partial charge in [0.15, 0.2) is 0 Å². The molecule has 0 unspecified atom stereocenters. The van der Waals surface area contributed by atoms with Gasteiger partial charge >= 0.3 is 25.8 Å². The minimum atomic E-state index is 0. The number of benzene rings is 4. The van der Waals surface area contributed by atoms with Crippen LogP contribution in [0.4, 0.5) is 0 Å². The minimum Gasteiger partial charge on any atom is -1.00 e. The van der Waals surface area contributed by atoms with Crippen LogP contribution in [0.25, 0.3) is 55.0 Å². The molecule has 0 aliphatic carbocycles. The molecule has 0 spiro atoms. The summed E-state index contributed by atoms with van der Waals surface area (Å²) in [5, 5.41) is 5.39. The molecule has 2 aromatic heterocycles. The molecule has 0 fully saturated rings. The predicted molar refractivity (Wildman–Crippen MR) is 189 cm³/mol. The molecule has 0 saturated carbocycles. The van der Waals surface area contributed by atoms with E-state index in [1.54, 1.807) is 0 Å². The molecular formula is C40H38Cl2HfN2Si. The van der Waals surface area contributed by atoms with Crippen molar-refractivity contribution in [3.8, 4) is 11.4 Å². The second kappa shape index (κ2) is 16.1. The summed E-state index contributed by atoms with van der Waals surface area (Å²) in [4.78, 5) is 0. The molecule has 0 N–H and O–H groups in total. The number of hydrogen-bond donors (Lipinski definition) is 0. The molecule has 0 aliphatic rings. The van der Waals surface area contributed by atoms with Crippen molar-refractivity contribution in [3.05, 3.63) is 144 Å². The smallest absolute Gasteiger partial charge is 1.00 e. The fourth-order valence-corrected chi connectivity index (χ4v) is 6.27. The maximum atomic E-state index is 2.38. The second-order valence-electron chi connectivity index (χ2n) is 11.3. The predicted octanol–water partition coefficient (Wildman–Crippen LogP) is 5.03. The number of halogens is 2. The monoisotopic (exact) mass is 824 g/mol. The van der Waals surface area contributed by atoms with Crippen LogP contribution in [0.5, 0.6) is 0 Å². The molecule has 8 rings (SSSR count). The third-order valence-electron chi connectivity index (χ3n) is 8.47. The summed E-state index contributed by atoms with van der Waals surface area (Å²) in [7, 11) is 1.08. The van der Waals surface area contributed by atoms with Gasteiger partial charge in [-0.1, -0.05) is 135 Å². The van der Waals surface area contributed by atoms with E-state index in [0.717, 1.165) is 9.52 Å². The van der Waals surface area contributed by atoms with Crippen molar-refractivity contribution in [2.45, 2.75) is 40.8 Å². The van der Waals surface area contributed by atoms with Gasteiger partial charge in [0.05, 0.1) is 0 Å². The van der Waals surface area contributed by atoms with Gasteiger partial charge in [-0.15, -0.1) is 45.2 Å². The van der Waals surface area contributed by atoms with Gasteiger partial charge in [0.2, 0.25) is 0 Å². The van der Waals surface area contributed by atoms with Crippen molar-refractivity contribution in [1.29, 1.82) is 0 Å². The summed E-state index contributed by atoms with van der Waals surface area (Å²) in [5.41, 5.74) is 13.2. The molecule has 2 heterocycles. The van der Waals surface area contributed by atoms with E-state index in [0.29, 0.717) is 0 Å². The average molecular weight is 824 g/mol. The van der Waals surface area contributed by atoms with Gasteiger partial charge in [-0.25, -0.2) is 0 Å². The molecule has 0 saturated heterocycles. The average Bonchev–Trinajstić information content (AvgIpc) is 3.72. The van der Waals surface area contributed by atoms with Crippen LogP contribution in [-0.4, -0.2) is 18.7 Å². The van der Waals surface area contributed by atoms with E-state index in [1.807, 2.05) is 0 Å². The van der Waals surface area contributed by atoms with E-state index in [1.165, 1.54) is 77.2 Å². The summed E-state index contributed by atoms with van der Waals surface area (Å²) >= 11 is 0. The summed E-state index contributed by atoms with van der Waals surface area (Å²) in [6.07, 6.45) is 0. The first-order chi connectivity index (χ1) is 21.0. The number of fused-ring (bicyclic) bond motifs is 6. The van der Waals surface area contributed by atoms with Crippen LogP contribution in [0.3, 0.4) is 0 Å². The van der Waals surface area contributed by atoms with Crippen LogP contribution in [0.2, 0.25) is 13.1 Å². The van der Waals surface area contributed by atoms with Crippen molar-refractivity contribution in [2.75, 3.05) is 0 Å². The Kier molecular flexibility index (Phi) is 13.1. The van der Waals surface area contributed by atoms with Gasteiger partial charge < -0.3 is 33.9 Å². The molecule has 2 nitrogen and oxygen atoms in total. The summed E-state index contributed by atoms with van der Waals surface area (Å²) in [6.45, 7) is 13.1. The zero-order valence-electron chi connectivity index (χ0n) is 27.2. The molecule has 0 bridgehead atoms. The van der Waals surface area contributed by atoms with Gasteiger partial charge in [0, 0.05) is 31.9 Å². The molecule has 6 aromatic carbocycles. The van der Waals surface area contributed by atoms with Crippen molar-refractivity contribution < 1.29 is 50.7 Å². The largest absolute Gasteiger partial charge is 4.00 e. The standard InChI is InChI=1S/2C19H16N.C2H6Si.2ClH.Hf/c2*1-13-12-17-16-10-6-7-11-18(16)20(19(17)14(13)2)15-8-4-3-5-9-15;1-3-2;;;/h2*3-12H,1-2H3;1-2H3;2*1H;/q2*-1;;;;+4/p-2. The zero-order valence-corrected chi connectivity index (χ0v) is 33.3. The quantitative estimate of drug-likeness (QED) is 0.171. The number of hydrogen-bond acceptors (Lipinski definition) is 0. The van der Waals surface area contributed by atoms with Crippen LogP contribution < -0.4 is 24.8 Å². The Bertz CT molecular complexity index is 2010. The van der Waals surface area contributed by atoms with Gasteiger partial charge in [0.1, 0.15) is 0 Å². The van der Waals surface area contributed by atoms with E-state index in [2.05, 4.69) is 171 Å². The Balaban J connectivity index is 0.000000218. The number of aromatic nitrogens is 2. The first-order valence-electron chi connectivity index (χ1n) is 15.0. The van der Waals surface area contributed by atoms with Gasteiger partial charge in [-0.3, -0.25) is 0 Å². The first-order valence-corrected chi connectivity index (χ1v) is 17.0. The van der Waals surface area contributed by atoms with Crippen molar-refractivity contribution >= 4 is 53.1 Å². The van der Waals surface area contributed by atoms with Crippen molar-refractivity contribution in [2.24, 2.45) is 0 Å². The molecular weight excluding hydrogens is 786 g/mol. The number of aryl methyl sites for hydroxylation is 4. The normalized spacial score (nSPS) is 10.4. The summed E-state index contributed by atoms with van der Waals surface area (Å²) < 4.78 is 4.76. The Labute approximate surface area is 306 Å². The Morgan fingerprint density at radius 1 is 0.478 bits per heavy atom. The zero-order chi connectivity index (χ0) is 30.1. The van der Waals surface area contributed by atoms with Crippen LogP contribution in [0.15, 0.2) is 121 Å². The number of nitrogens with zero attached hydrogens (tertiary/aromatic N) is 2. The Morgan fingerprint density at radius 3 is 1.13 bits per heavy atom. The maximum absolute atomic E-state index is 2.38. The topological polar surface area (TPSA) is 9.86 Å². The summed E-state index contributed by atoms with van der Waals surface area (Å²) in [6, 6.07) is 43.2. The number of rotatable bonds is 2. The van der Waals surface area contributed by atoms with E-state index in [9.17, 15) is 0 Å². The van der Waals surface area contributed by atoms with Gasteiger partial charge in [0.25, 0.3) is 0 Å². The van der Waals surface area contributed by atoms with Crippen molar-refractivity contribution in [3.63, 3.8) is 0 Å². The summed E-state index contributed by atoms with van der Waals surface area (Å²) in [5.74, 6) is 0. The molecule has 8 aromatic rings. The Hall–Kier alpha value is -3.15. The van der Waals surface area contributed by atoms with Crippen molar-refractivity contribution in [1.82, 2.24) is 9.13 Å². The molecule has 0 amide bonds. The fraction of sp³-hybridized carbons (Fsp3) is 0.150. The fourth-order valence-electron chi connectivity index (χ4n) is 6.27. The molecule has 6 heteroatoms. The maximum Gasteiger partial charge on any atom is 4.00 e. The van der Waals surface area contributed by atoms with Crippen LogP contribution >= 0.6 is 0 Å². The second-order valence-corrected chi connectivity index (χ2v) is 12.3. The van der Waals surface area contributed by atoms with Gasteiger partial charge in [-0.05, 0) is 36.4 Å². The van der Waals surface area contributed by atoms with Crippen LogP contribution in [0.1, 0.15) is 22.3 Å². The third-order valence-corrected chi connectivity index (χ3v) is 8.47. The van der Waals surface area contributed by atoms with E-state index in [-0.39, 0.29) is 50.7 Å². The van der Waals surface area contributed by atoms with Crippen LogP contribution in [0, 0.1) is 27.7 Å². The van der Waals surface area contributed by atoms with Crippen LogP contribution in [-0.2, 0) is 25.8 Å². The van der Waals surface area contributed by atoms with E-state index in [4.69, 9.17) is 0 Å². The molecule has 46 heavy (non-hydrogen) atoms. The van der Waals surface area contributed by atoms with E-state index < -0.39 is 0 Å². The molecule has 0 atom stereocenters. The van der Waals surface area contributed by atoms with Gasteiger partial charge in [-0.2, -0.15) is 0 Å². The number of para-hydroxylation sites is 4. The molecule has 0 aliphatic heterocycles. The SMILES string of the molecule is C[Si]C.Cc1[cH-]c2c3ccccc3n(-c3ccccc3)c2c1C.Cc1[cH-]c2c3ccccc3n(-c3ccccc3)c2c1C.[Cl-].[Cl-].[Hf+4]. The Morgan fingerprint density at radius 2 is 0.783 bits per heavy atom. The molecule has 2 radical (unpaired) electrons. The van der Waals surface area contributed by atoms with E-state index >= 15 is 0 Å².